The molecule has 0 saturated heterocycles. The fourth-order valence-electron chi connectivity index (χ4n) is 3.25. The summed E-state index contributed by atoms with van der Waals surface area (Å²) < 4.78 is 0. The van der Waals surface area contributed by atoms with E-state index in [1.54, 1.807) is 0 Å². The van der Waals surface area contributed by atoms with E-state index in [9.17, 15) is 9.90 Å². The second-order valence-corrected chi connectivity index (χ2v) is 5.22. The maximum atomic E-state index is 11.2. The van der Waals surface area contributed by atoms with Crippen molar-refractivity contribution >= 4 is 5.97 Å². The van der Waals surface area contributed by atoms with Crippen molar-refractivity contribution < 1.29 is 9.90 Å². The molecular weight excluding hydrogens is 200 g/mol. The van der Waals surface area contributed by atoms with Gasteiger partial charge >= 0.3 is 5.97 Å². The highest BCUT2D eigenvalue weighted by atomic mass is 16.4. The van der Waals surface area contributed by atoms with Crippen molar-refractivity contribution in [3.63, 3.8) is 0 Å². The summed E-state index contributed by atoms with van der Waals surface area (Å²) in [6, 6.07) is 8.27. The van der Waals surface area contributed by atoms with E-state index in [0.29, 0.717) is 5.92 Å². The van der Waals surface area contributed by atoms with Crippen LogP contribution in [0.3, 0.4) is 0 Å². The fourth-order valence-corrected chi connectivity index (χ4v) is 3.25. The van der Waals surface area contributed by atoms with Crippen LogP contribution in [0.1, 0.15) is 30.4 Å². The molecule has 2 fully saturated rings. The normalized spacial score (nSPS) is 32.4. The molecule has 2 heteroatoms. The van der Waals surface area contributed by atoms with Gasteiger partial charge in [-0.3, -0.25) is 4.79 Å². The van der Waals surface area contributed by atoms with Gasteiger partial charge in [0.15, 0.2) is 0 Å². The molecule has 16 heavy (non-hydrogen) atoms. The maximum absolute atomic E-state index is 11.2. The molecule has 1 N–H and O–H groups in total. The summed E-state index contributed by atoms with van der Waals surface area (Å²) in [5.41, 5.74) is 2.51. The van der Waals surface area contributed by atoms with Crippen molar-refractivity contribution in [1.29, 1.82) is 0 Å². The molecule has 0 amide bonds. The van der Waals surface area contributed by atoms with Crippen molar-refractivity contribution in [1.82, 2.24) is 0 Å². The van der Waals surface area contributed by atoms with Crippen LogP contribution in [0.2, 0.25) is 0 Å². The van der Waals surface area contributed by atoms with Crippen LogP contribution in [-0.2, 0) is 10.2 Å². The number of aryl methyl sites for hydroxylation is 1. The van der Waals surface area contributed by atoms with Gasteiger partial charge < -0.3 is 5.11 Å². The largest absolute Gasteiger partial charge is 0.481 e. The molecule has 1 aromatic rings. The third-order valence-corrected chi connectivity index (χ3v) is 4.25. The predicted octanol–water partition coefficient (Wildman–Crippen LogP) is 2.75. The van der Waals surface area contributed by atoms with Crippen molar-refractivity contribution in [3.8, 4) is 0 Å². The van der Waals surface area contributed by atoms with Gasteiger partial charge in [-0.15, -0.1) is 0 Å². The van der Waals surface area contributed by atoms with Crippen LogP contribution in [0.5, 0.6) is 0 Å². The Morgan fingerprint density at radius 3 is 2.56 bits per heavy atom. The molecule has 2 nitrogen and oxygen atoms in total. The zero-order valence-corrected chi connectivity index (χ0v) is 9.44. The minimum absolute atomic E-state index is 0.0167. The topological polar surface area (TPSA) is 37.3 Å². The molecule has 2 atom stereocenters. The van der Waals surface area contributed by atoms with Gasteiger partial charge in [-0.1, -0.05) is 24.3 Å². The summed E-state index contributed by atoms with van der Waals surface area (Å²) in [5, 5.41) is 9.22. The quantitative estimate of drug-likeness (QED) is 0.843. The Morgan fingerprint density at radius 2 is 2.06 bits per heavy atom. The molecule has 0 bridgehead atoms. The van der Waals surface area contributed by atoms with Gasteiger partial charge in [-0.2, -0.15) is 0 Å². The first-order valence-corrected chi connectivity index (χ1v) is 5.95. The average Bonchev–Trinajstić information content (AvgIpc) is 3.12. The predicted molar refractivity (Wildman–Crippen MR) is 61.3 cm³/mol. The Morgan fingerprint density at radius 1 is 1.38 bits per heavy atom. The van der Waals surface area contributed by atoms with Gasteiger partial charge in [0, 0.05) is 5.41 Å². The van der Waals surface area contributed by atoms with Crippen LogP contribution in [0, 0.1) is 18.8 Å². The minimum atomic E-state index is -0.616. The molecule has 2 aliphatic rings. The first-order chi connectivity index (χ1) is 7.66. The van der Waals surface area contributed by atoms with E-state index in [1.165, 1.54) is 24.0 Å². The molecule has 1 aromatic carbocycles. The molecule has 3 rings (SSSR count). The number of carboxylic acid groups (broad SMARTS) is 1. The highest BCUT2D eigenvalue weighted by molar-refractivity contribution is 5.78. The molecule has 2 aliphatic carbocycles. The molecule has 1 unspecified atom stereocenters. The number of hydrogen-bond donors (Lipinski definition) is 1. The number of hydrogen-bond acceptors (Lipinski definition) is 1. The summed E-state index contributed by atoms with van der Waals surface area (Å²) in [5.74, 6) is -0.133. The van der Waals surface area contributed by atoms with Gasteiger partial charge in [0.05, 0.1) is 5.92 Å². The highest BCUT2D eigenvalue weighted by Crippen LogP contribution is 2.66. The van der Waals surface area contributed by atoms with Crippen molar-refractivity contribution in [2.75, 3.05) is 0 Å². The average molecular weight is 216 g/mol. The number of carbonyl (C=O) groups is 1. The Hall–Kier alpha value is -1.31. The third-order valence-electron chi connectivity index (χ3n) is 4.25. The maximum Gasteiger partial charge on any atom is 0.307 e. The summed E-state index contributed by atoms with van der Waals surface area (Å²) in [7, 11) is 0. The van der Waals surface area contributed by atoms with Gasteiger partial charge in [-0.25, -0.2) is 0 Å². The highest BCUT2D eigenvalue weighted by Gasteiger charge is 2.66. The zero-order chi connectivity index (χ0) is 11.3. The lowest BCUT2D eigenvalue weighted by atomic mass is 9.85. The smallest absolute Gasteiger partial charge is 0.307 e. The third kappa shape index (κ3) is 1.22. The van der Waals surface area contributed by atoms with E-state index in [2.05, 4.69) is 19.1 Å². The first kappa shape index (κ1) is 9.88. The second-order valence-electron chi connectivity index (χ2n) is 5.22. The Bertz CT molecular complexity index is 448. The summed E-state index contributed by atoms with van der Waals surface area (Å²) >= 11 is 0. The lowest BCUT2D eigenvalue weighted by Crippen LogP contribution is -2.18. The van der Waals surface area contributed by atoms with E-state index >= 15 is 0 Å². The lowest BCUT2D eigenvalue weighted by Gasteiger charge is -2.18. The second kappa shape index (κ2) is 3.09. The summed E-state index contributed by atoms with van der Waals surface area (Å²) in [6.07, 6.45) is 3.26. The molecule has 0 aromatic heterocycles. The van der Waals surface area contributed by atoms with Gasteiger partial charge in [-0.05, 0) is 43.2 Å². The minimum Gasteiger partial charge on any atom is -0.481 e. The van der Waals surface area contributed by atoms with Gasteiger partial charge in [0.25, 0.3) is 0 Å². The van der Waals surface area contributed by atoms with Crippen LogP contribution in [0.25, 0.3) is 0 Å². The number of aliphatic carboxylic acids is 1. The van der Waals surface area contributed by atoms with Crippen LogP contribution >= 0.6 is 0 Å². The Balaban J connectivity index is 2.03. The van der Waals surface area contributed by atoms with E-state index in [0.717, 1.165) is 6.42 Å². The lowest BCUT2D eigenvalue weighted by molar-refractivity contribution is -0.139. The van der Waals surface area contributed by atoms with E-state index < -0.39 is 5.97 Å². The van der Waals surface area contributed by atoms with Crippen LogP contribution < -0.4 is 0 Å². The van der Waals surface area contributed by atoms with E-state index in [1.807, 2.05) is 12.1 Å². The molecule has 0 heterocycles. The van der Waals surface area contributed by atoms with Crippen molar-refractivity contribution in [2.45, 2.75) is 31.6 Å². The Kier molecular flexibility index (Phi) is 1.91. The van der Waals surface area contributed by atoms with Crippen LogP contribution in [0.4, 0.5) is 0 Å². The first-order valence-electron chi connectivity index (χ1n) is 5.95. The van der Waals surface area contributed by atoms with Crippen LogP contribution in [0.15, 0.2) is 24.3 Å². The van der Waals surface area contributed by atoms with Gasteiger partial charge in [0.2, 0.25) is 0 Å². The Labute approximate surface area is 95.3 Å². The molecule has 0 radical (unpaired) electrons. The van der Waals surface area contributed by atoms with E-state index in [4.69, 9.17) is 0 Å². The van der Waals surface area contributed by atoms with Crippen molar-refractivity contribution in [2.24, 2.45) is 11.8 Å². The van der Waals surface area contributed by atoms with Gasteiger partial charge in [0.1, 0.15) is 0 Å². The van der Waals surface area contributed by atoms with Crippen molar-refractivity contribution in [3.05, 3.63) is 35.4 Å². The molecule has 0 aliphatic heterocycles. The standard InChI is InChI=1S/C14H16O2/c1-9-4-2-3-5-11(9)14(10-6-7-10)8-12(14)13(15)16/h2-5,10,12H,6-8H2,1H3,(H,15,16)/t12-,14?/m0/s1. The molecule has 0 spiro atoms. The summed E-state index contributed by atoms with van der Waals surface area (Å²) in [6.45, 7) is 2.09. The SMILES string of the molecule is Cc1ccccc1C1(C2CC2)C[C@H]1C(=O)O. The number of rotatable bonds is 3. The molecule has 84 valence electrons. The summed E-state index contributed by atoms with van der Waals surface area (Å²) in [4.78, 5) is 11.2. The van der Waals surface area contributed by atoms with Crippen LogP contribution in [-0.4, -0.2) is 11.1 Å². The molecule has 2 saturated carbocycles. The number of carboxylic acids is 1. The molecular formula is C14H16O2. The van der Waals surface area contributed by atoms with E-state index in [-0.39, 0.29) is 11.3 Å². The number of benzene rings is 1. The monoisotopic (exact) mass is 216 g/mol. The zero-order valence-electron chi connectivity index (χ0n) is 9.44. The fraction of sp³-hybridized carbons (Fsp3) is 0.500.